The number of nitrogens with two attached hydrogens (primary N) is 1. The van der Waals surface area contributed by atoms with E-state index in [2.05, 4.69) is 11.4 Å². The van der Waals surface area contributed by atoms with Crippen LogP contribution in [0.4, 0.5) is 11.4 Å². The predicted octanol–water partition coefficient (Wildman–Crippen LogP) is 3.60. The second-order valence-electron chi connectivity index (χ2n) is 5.54. The summed E-state index contributed by atoms with van der Waals surface area (Å²) in [5, 5.41) is 2.87. The van der Waals surface area contributed by atoms with Crippen LogP contribution in [-0.2, 0) is 4.79 Å². The average Bonchev–Trinajstić information content (AvgIpc) is 2.41. The highest BCUT2D eigenvalue weighted by Gasteiger charge is 2.06. The third-order valence-electron chi connectivity index (χ3n) is 3.32. The third-order valence-corrected chi connectivity index (χ3v) is 3.32. The lowest BCUT2D eigenvalue weighted by molar-refractivity contribution is -0.116. The second kappa shape index (κ2) is 6.98. The Morgan fingerprint density at radius 3 is 2.41 bits per heavy atom. The number of amides is 1. The summed E-state index contributed by atoms with van der Waals surface area (Å²) in [7, 11) is 0. The molecule has 0 aliphatic heterocycles. The van der Waals surface area contributed by atoms with Crippen molar-refractivity contribution in [3.05, 3.63) is 53.1 Å². The van der Waals surface area contributed by atoms with E-state index in [0.29, 0.717) is 18.7 Å². The van der Waals surface area contributed by atoms with Crippen molar-refractivity contribution in [3.8, 4) is 5.75 Å². The first-order chi connectivity index (χ1) is 10.4. The molecule has 0 aromatic heterocycles. The molecule has 0 bridgehead atoms. The lowest BCUT2D eigenvalue weighted by atomic mass is 10.1. The number of hydrogen-bond acceptors (Lipinski definition) is 3. The number of anilines is 2. The highest BCUT2D eigenvalue weighted by atomic mass is 16.5. The Morgan fingerprint density at radius 2 is 1.77 bits per heavy atom. The first kappa shape index (κ1) is 15.9. The molecule has 0 aliphatic carbocycles. The van der Waals surface area contributed by atoms with Crippen LogP contribution in [0.2, 0.25) is 0 Å². The van der Waals surface area contributed by atoms with E-state index >= 15 is 0 Å². The van der Waals surface area contributed by atoms with Crippen LogP contribution in [0.15, 0.2) is 36.4 Å². The first-order valence-corrected chi connectivity index (χ1v) is 7.31. The zero-order valence-electron chi connectivity index (χ0n) is 13.3. The zero-order valence-corrected chi connectivity index (χ0v) is 13.3. The quantitative estimate of drug-likeness (QED) is 0.829. The Kier molecular flexibility index (Phi) is 5.04. The van der Waals surface area contributed by atoms with E-state index in [-0.39, 0.29) is 5.91 Å². The first-order valence-electron chi connectivity index (χ1n) is 7.31. The van der Waals surface area contributed by atoms with Gasteiger partial charge in [0.05, 0.1) is 13.0 Å². The lowest BCUT2D eigenvalue weighted by Gasteiger charge is -2.10. The number of rotatable bonds is 5. The van der Waals surface area contributed by atoms with Crippen LogP contribution < -0.4 is 15.8 Å². The SMILES string of the molecule is Cc1cc(C)cc(OCCC(=O)Nc2ccc(N)cc2C)c1. The van der Waals surface area contributed by atoms with Crippen molar-refractivity contribution in [3.63, 3.8) is 0 Å². The molecule has 2 aromatic rings. The summed E-state index contributed by atoms with van der Waals surface area (Å²) in [6, 6.07) is 11.4. The van der Waals surface area contributed by atoms with Crippen molar-refractivity contribution >= 4 is 17.3 Å². The van der Waals surface area contributed by atoms with Crippen LogP contribution in [0, 0.1) is 20.8 Å². The molecule has 0 saturated heterocycles. The van der Waals surface area contributed by atoms with Gasteiger partial charge in [0.25, 0.3) is 0 Å². The molecule has 116 valence electrons. The summed E-state index contributed by atoms with van der Waals surface area (Å²) in [6.45, 7) is 6.31. The number of benzene rings is 2. The van der Waals surface area contributed by atoms with E-state index in [1.807, 2.05) is 45.0 Å². The molecule has 4 heteroatoms. The van der Waals surface area contributed by atoms with Gasteiger partial charge in [-0.3, -0.25) is 4.79 Å². The smallest absolute Gasteiger partial charge is 0.227 e. The molecule has 0 saturated carbocycles. The van der Waals surface area contributed by atoms with Crippen molar-refractivity contribution in [2.24, 2.45) is 0 Å². The van der Waals surface area contributed by atoms with Gasteiger partial charge in [0.2, 0.25) is 5.91 Å². The molecule has 0 spiro atoms. The van der Waals surface area contributed by atoms with Gasteiger partial charge in [-0.15, -0.1) is 0 Å². The van der Waals surface area contributed by atoms with Crippen LogP contribution in [0.25, 0.3) is 0 Å². The third kappa shape index (κ3) is 4.52. The van der Waals surface area contributed by atoms with E-state index in [1.165, 1.54) is 0 Å². The average molecular weight is 298 g/mol. The molecule has 0 heterocycles. The largest absolute Gasteiger partial charge is 0.493 e. The number of carbonyl (C=O) groups excluding carboxylic acids is 1. The van der Waals surface area contributed by atoms with Crippen LogP contribution in [0.5, 0.6) is 5.75 Å². The monoisotopic (exact) mass is 298 g/mol. The highest BCUT2D eigenvalue weighted by molar-refractivity contribution is 5.91. The molecule has 1 amide bonds. The minimum atomic E-state index is -0.0720. The Balaban J connectivity index is 1.85. The Morgan fingerprint density at radius 1 is 1.09 bits per heavy atom. The van der Waals surface area contributed by atoms with Crippen molar-refractivity contribution in [1.29, 1.82) is 0 Å². The van der Waals surface area contributed by atoms with Gasteiger partial charge in [-0.05, 0) is 67.8 Å². The number of carbonyl (C=O) groups is 1. The van der Waals surface area contributed by atoms with E-state index in [0.717, 1.165) is 28.1 Å². The summed E-state index contributed by atoms with van der Waals surface area (Å²) in [5.41, 5.74) is 10.4. The molecule has 0 atom stereocenters. The number of nitrogen functional groups attached to an aromatic ring is 1. The summed E-state index contributed by atoms with van der Waals surface area (Å²) in [6.07, 6.45) is 0.302. The molecular weight excluding hydrogens is 276 g/mol. The molecular formula is C18H22N2O2. The molecule has 2 rings (SSSR count). The maximum atomic E-state index is 12.0. The Labute approximate surface area is 131 Å². The minimum absolute atomic E-state index is 0.0720. The predicted molar refractivity (Wildman–Crippen MR) is 90.2 cm³/mol. The van der Waals surface area contributed by atoms with Crippen LogP contribution in [0.3, 0.4) is 0 Å². The van der Waals surface area contributed by atoms with E-state index in [9.17, 15) is 4.79 Å². The number of aryl methyl sites for hydroxylation is 3. The Hall–Kier alpha value is -2.49. The van der Waals surface area contributed by atoms with Gasteiger partial charge in [0, 0.05) is 11.4 Å². The molecule has 0 unspecified atom stereocenters. The summed E-state index contributed by atoms with van der Waals surface area (Å²) in [4.78, 5) is 12.0. The normalized spacial score (nSPS) is 10.3. The maximum Gasteiger partial charge on any atom is 0.227 e. The molecule has 2 aromatic carbocycles. The number of ether oxygens (including phenoxy) is 1. The van der Waals surface area contributed by atoms with Crippen molar-refractivity contribution in [2.75, 3.05) is 17.7 Å². The van der Waals surface area contributed by atoms with Crippen LogP contribution >= 0.6 is 0 Å². The molecule has 4 nitrogen and oxygen atoms in total. The van der Waals surface area contributed by atoms with Gasteiger partial charge < -0.3 is 15.8 Å². The fourth-order valence-electron chi connectivity index (χ4n) is 2.32. The summed E-state index contributed by atoms with van der Waals surface area (Å²) < 4.78 is 5.64. The highest BCUT2D eigenvalue weighted by Crippen LogP contribution is 2.18. The zero-order chi connectivity index (χ0) is 16.1. The fraction of sp³-hybridized carbons (Fsp3) is 0.278. The molecule has 22 heavy (non-hydrogen) atoms. The van der Waals surface area contributed by atoms with Gasteiger partial charge >= 0.3 is 0 Å². The standard InChI is InChI=1S/C18H22N2O2/c1-12-8-13(2)10-16(9-12)22-7-6-18(21)20-17-5-4-15(19)11-14(17)3/h4-5,8-11H,6-7,19H2,1-3H3,(H,20,21). The molecule has 3 N–H and O–H groups in total. The molecule has 0 fully saturated rings. The van der Waals surface area contributed by atoms with E-state index < -0.39 is 0 Å². The van der Waals surface area contributed by atoms with Gasteiger partial charge in [0.1, 0.15) is 5.75 Å². The summed E-state index contributed by atoms with van der Waals surface area (Å²) >= 11 is 0. The van der Waals surface area contributed by atoms with Crippen LogP contribution in [0.1, 0.15) is 23.1 Å². The van der Waals surface area contributed by atoms with Crippen molar-refractivity contribution < 1.29 is 9.53 Å². The van der Waals surface area contributed by atoms with Gasteiger partial charge in [0.15, 0.2) is 0 Å². The van der Waals surface area contributed by atoms with E-state index in [4.69, 9.17) is 10.5 Å². The Bertz CT molecular complexity index is 661. The van der Waals surface area contributed by atoms with Gasteiger partial charge in [-0.25, -0.2) is 0 Å². The number of hydrogen-bond donors (Lipinski definition) is 2. The lowest BCUT2D eigenvalue weighted by Crippen LogP contribution is -2.16. The maximum absolute atomic E-state index is 12.0. The molecule has 0 radical (unpaired) electrons. The van der Waals surface area contributed by atoms with Crippen molar-refractivity contribution in [2.45, 2.75) is 27.2 Å². The topological polar surface area (TPSA) is 64.3 Å². The van der Waals surface area contributed by atoms with Gasteiger partial charge in [-0.1, -0.05) is 6.07 Å². The second-order valence-corrected chi connectivity index (χ2v) is 5.54. The fourth-order valence-corrected chi connectivity index (χ4v) is 2.32. The van der Waals surface area contributed by atoms with Crippen molar-refractivity contribution in [1.82, 2.24) is 0 Å². The molecule has 0 aliphatic rings. The minimum Gasteiger partial charge on any atom is -0.493 e. The van der Waals surface area contributed by atoms with Gasteiger partial charge in [-0.2, -0.15) is 0 Å². The van der Waals surface area contributed by atoms with Crippen LogP contribution in [-0.4, -0.2) is 12.5 Å². The number of nitrogens with one attached hydrogen (secondary N) is 1. The summed E-state index contributed by atoms with van der Waals surface area (Å²) in [5.74, 6) is 0.728. The van der Waals surface area contributed by atoms with E-state index in [1.54, 1.807) is 6.07 Å².